The van der Waals surface area contributed by atoms with Crippen LogP contribution in [0.5, 0.6) is 11.5 Å². The largest absolute Gasteiger partial charge is 0.497 e. The summed E-state index contributed by atoms with van der Waals surface area (Å²) in [6.07, 6.45) is 3.90. The molecule has 184 valence electrons. The molecule has 0 unspecified atom stereocenters. The zero-order valence-electron chi connectivity index (χ0n) is 20.5. The lowest BCUT2D eigenvalue weighted by Crippen LogP contribution is -2.33. The van der Waals surface area contributed by atoms with Gasteiger partial charge in [0.1, 0.15) is 18.1 Å². The second-order valence-electron chi connectivity index (χ2n) is 9.41. The number of carbonyl (C=O) groups excluding carboxylic acids is 1. The molecule has 5 nitrogen and oxygen atoms in total. The second kappa shape index (κ2) is 10.0. The number of hydrogen-bond acceptors (Lipinski definition) is 5. The van der Waals surface area contributed by atoms with E-state index in [1.54, 1.807) is 7.11 Å². The fourth-order valence-electron chi connectivity index (χ4n) is 5.34. The Kier molecular flexibility index (Phi) is 6.46. The van der Waals surface area contributed by atoms with E-state index in [-0.39, 0.29) is 5.91 Å². The molecule has 0 radical (unpaired) electrons. The maximum atomic E-state index is 14.0. The van der Waals surface area contributed by atoms with Gasteiger partial charge in [0.15, 0.2) is 0 Å². The molecule has 0 spiro atoms. The number of aromatic nitrogens is 1. The smallest absolute Gasteiger partial charge is 0.262 e. The van der Waals surface area contributed by atoms with Gasteiger partial charge in [0.2, 0.25) is 0 Å². The molecular formula is C30H30N2O3S. The number of nitrogens with zero attached hydrogens (tertiary/aromatic N) is 2. The molecule has 1 saturated heterocycles. The predicted molar refractivity (Wildman–Crippen MR) is 145 cm³/mol. The molecule has 3 aromatic carbocycles. The summed E-state index contributed by atoms with van der Waals surface area (Å²) in [4.78, 5) is 17.6. The fourth-order valence-corrected chi connectivity index (χ4v) is 6.43. The summed E-state index contributed by atoms with van der Waals surface area (Å²) in [5.41, 5.74) is 4.82. The van der Waals surface area contributed by atoms with Crippen LogP contribution in [0.15, 0.2) is 71.6 Å². The van der Waals surface area contributed by atoms with Gasteiger partial charge in [-0.1, -0.05) is 24.6 Å². The highest BCUT2D eigenvalue weighted by molar-refractivity contribution is 7.98. The number of hydrogen-bond donors (Lipinski definition) is 0. The van der Waals surface area contributed by atoms with Gasteiger partial charge in [0.05, 0.1) is 18.3 Å². The molecule has 0 amide bonds. The lowest BCUT2D eigenvalue weighted by molar-refractivity contribution is 0.0966. The van der Waals surface area contributed by atoms with Crippen molar-refractivity contribution < 1.29 is 14.3 Å². The van der Waals surface area contributed by atoms with Crippen LogP contribution < -0.4 is 9.47 Å². The Morgan fingerprint density at radius 3 is 2.53 bits per heavy atom. The summed E-state index contributed by atoms with van der Waals surface area (Å²) in [6.45, 7) is 3.95. The third-order valence-electron chi connectivity index (χ3n) is 7.22. The predicted octanol–water partition coefficient (Wildman–Crippen LogP) is 6.48. The Balaban J connectivity index is 1.31. The summed E-state index contributed by atoms with van der Waals surface area (Å²) in [7, 11) is 1.68. The van der Waals surface area contributed by atoms with Gasteiger partial charge >= 0.3 is 0 Å². The van der Waals surface area contributed by atoms with E-state index >= 15 is 0 Å². The number of rotatable bonds is 6. The topological polar surface area (TPSA) is 43.7 Å². The number of piperidine rings is 1. The Hall–Kier alpha value is -3.22. The highest BCUT2D eigenvalue weighted by Crippen LogP contribution is 2.46. The lowest BCUT2D eigenvalue weighted by Gasteiger charge is -2.26. The van der Waals surface area contributed by atoms with E-state index in [1.165, 1.54) is 42.8 Å². The average molecular weight is 499 g/mol. The van der Waals surface area contributed by atoms with Crippen LogP contribution in [0.25, 0.3) is 22.2 Å². The van der Waals surface area contributed by atoms with Crippen molar-refractivity contribution in [3.05, 3.63) is 77.9 Å². The third-order valence-corrected chi connectivity index (χ3v) is 8.32. The monoisotopic (exact) mass is 498 g/mol. The first-order valence-electron chi connectivity index (χ1n) is 12.7. The number of ether oxygens (including phenoxy) is 2. The minimum Gasteiger partial charge on any atom is -0.497 e. The molecule has 3 heterocycles. The van der Waals surface area contributed by atoms with E-state index in [0.29, 0.717) is 12.2 Å². The molecular weight excluding hydrogens is 468 g/mol. The number of fused-ring (bicyclic) bond motifs is 5. The van der Waals surface area contributed by atoms with Crippen LogP contribution in [0.2, 0.25) is 0 Å². The van der Waals surface area contributed by atoms with Crippen molar-refractivity contribution in [1.29, 1.82) is 0 Å². The molecule has 4 aromatic rings. The highest BCUT2D eigenvalue weighted by atomic mass is 32.2. The summed E-state index contributed by atoms with van der Waals surface area (Å²) in [5, 5.41) is 1.07. The third kappa shape index (κ3) is 4.29. The van der Waals surface area contributed by atoms with Crippen LogP contribution in [0.1, 0.15) is 35.2 Å². The molecule has 0 aliphatic carbocycles. The van der Waals surface area contributed by atoms with Crippen molar-refractivity contribution in [1.82, 2.24) is 9.47 Å². The van der Waals surface area contributed by atoms with Gasteiger partial charge in [0, 0.05) is 33.7 Å². The van der Waals surface area contributed by atoms with Gasteiger partial charge in [-0.3, -0.25) is 14.3 Å². The average Bonchev–Trinajstić information content (AvgIpc) is 3.27. The molecule has 2 aliphatic heterocycles. The standard InChI is InChI=1S/C30H30N2O3S/c1-34-23-13-14-27-25(19-23)26-20-36-28-8-4-3-7-24(28)29(26)32(27)30(33)21-9-11-22(12-10-21)35-18-17-31-15-5-2-6-16-31/h3-4,7-14,19H,2,5-6,15-18,20H2,1H3. The first kappa shape index (κ1) is 23.2. The van der Waals surface area contributed by atoms with Crippen molar-refractivity contribution in [2.75, 3.05) is 33.4 Å². The Bertz CT molecular complexity index is 1400. The van der Waals surface area contributed by atoms with Crippen LogP contribution in [0, 0.1) is 0 Å². The highest BCUT2D eigenvalue weighted by Gasteiger charge is 2.28. The molecule has 0 bridgehead atoms. The minimum absolute atomic E-state index is 0.0343. The van der Waals surface area contributed by atoms with Crippen molar-refractivity contribution in [3.63, 3.8) is 0 Å². The van der Waals surface area contributed by atoms with Gasteiger partial charge in [-0.25, -0.2) is 0 Å². The molecule has 1 fully saturated rings. The zero-order valence-corrected chi connectivity index (χ0v) is 21.4. The number of likely N-dealkylation sites (tertiary alicyclic amines) is 1. The van der Waals surface area contributed by atoms with Gasteiger partial charge < -0.3 is 9.47 Å². The zero-order chi connectivity index (χ0) is 24.5. The molecule has 0 atom stereocenters. The van der Waals surface area contributed by atoms with Gasteiger partial charge in [-0.15, -0.1) is 11.8 Å². The quantitative estimate of drug-likeness (QED) is 0.305. The minimum atomic E-state index is -0.0343. The van der Waals surface area contributed by atoms with Crippen LogP contribution >= 0.6 is 11.8 Å². The van der Waals surface area contributed by atoms with Gasteiger partial charge in [-0.2, -0.15) is 0 Å². The molecule has 36 heavy (non-hydrogen) atoms. The number of methoxy groups -OCH3 is 1. The molecule has 0 N–H and O–H groups in total. The van der Waals surface area contributed by atoms with Crippen molar-refractivity contribution in [2.45, 2.75) is 29.9 Å². The normalized spacial score (nSPS) is 15.4. The Morgan fingerprint density at radius 2 is 1.72 bits per heavy atom. The van der Waals surface area contributed by atoms with E-state index in [2.05, 4.69) is 23.1 Å². The summed E-state index contributed by atoms with van der Waals surface area (Å²) >= 11 is 1.81. The second-order valence-corrected chi connectivity index (χ2v) is 10.4. The van der Waals surface area contributed by atoms with Crippen molar-refractivity contribution >= 4 is 28.6 Å². The number of benzene rings is 3. The van der Waals surface area contributed by atoms with E-state index in [1.807, 2.05) is 64.9 Å². The fraction of sp³-hybridized carbons (Fsp3) is 0.300. The number of thioether (sulfide) groups is 1. The first-order valence-corrected chi connectivity index (χ1v) is 13.6. The molecule has 6 heteroatoms. The molecule has 6 rings (SSSR count). The summed E-state index contributed by atoms with van der Waals surface area (Å²) < 4.78 is 13.4. The van der Waals surface area contributed by atoms with Crippen LogP contribution in [0.4, 0.5) is 0 Å². The summed E-state index contributed by atoms with van der Waals surface area (Å²) in [6, 6.07) is 21.9. The maximum absolute atomic E-state index is 14.0. The molecule has 1 aromatic heterocycles. The molecule has 2 aliphatic rings. The SMILES string of the molecule is COc1ccc2c(c1)c1c(n2C(=O)c2ccc(OCCN3CCCCC3)cc2)-c2ccccc2SC1. The van der Waals surface area contributed by atoms with E-state index < -0.39 is 0 Å². The van der Waals surface area contributed by atoms with Crippen molar-refractivity contribution in [3.8, 4) is 22.8 Å². The van der Waals surface area contributed by atoms with Gasteiger partial charge in [0.25, 0.3) is 5.91 Å². The lowest BCUT2D eigenvalue weighted by atomic mass is 10.1. The van der Waals surface area contributed by atoms with Crippen LogP contribution in [-0.2, 0) is 5.75 Å². The Labute approximate surface area is 216 Å². The number of carbonyl (C=O) groups is 1. The Morgan fingerprint density at radius 1 is 0.944 bits per heavy atom. The summed E-state index contributed by atoms with van der Waals surface area (Å²) in [5.74, 6) is 2.38. The maximum Gasteiger partial charge on any atom is 0.262 e. The van der Waals surface area contributed by atoms with E-state index in [9.17, 15) is 4.79 Å². The molecule has 0 saturated carbocycles. The van der Waals surface area contributed by atoms with Crippen molar-refractivity contribution in [2.24, 2.45) is 0 Å². The van der Waals surface area contributed by atoms with E-state index in [4.69, 9.17) is 9.47 Å². The van der Waals surface area contributed by atoms with Gasteiger partial charge in [-0.05, 0) is 80.0 Å². The van der Waals surface area contributed by atoms with Crippen LogP contribution in [-0.4, -0.2) is 48.7 Å². The van der Waals surface area contributed by atoms with E-state index in [0.717, 1.165) is 46.0 Å². The van der Waals surface area contributed by atoms with Crippen LogP contribution in [0.3, 0.4) is 0 Å². The first-order chi connectivity index (χ1) is 17.7.